The van der Waals surface area contributed by atoms with Gasteiger partial charge in [-0.05, 0) is 64.4 Å². The van der Waals surface area contributed by atoms with Crippen molar-refractivity contribution in [3.63, 3.8) is 0 Å². The summed E-state index contributed by atoms with van der Waals surface area (Å²) in [6.45, 7) is 7.75. The van der Waals surface area contributed by atoms with Crippen molar-refractivity contribution >= 4 is 12.0 Å². The molecule has 0 aromatic heterocycles. The summed E-state index contributed by atoms with van der Waals surface area (Å²) in [5.41, 5.74) is 0.831. The highest BCUT2D eigenvalue weighted by atomic mass is 16.6. The molecule has 1 aromatic rings. The molecule has 3 rings (SSSR count). The Kier molecular flexibility index (Phi) is 8.50. The third-order valence-electron chi connectivity index (χ3n) is 5.46. The van der Waals surface area contributed by atoms with Gasteiger partial charge in [0.05, 0.1) is 0 Å². The summed E-state index contributed by atoms with van der Waals surface area (Å²) in [7, 11) is 1.00. The first-order chi connectivity index (χ1) is 13.8. The largest absolute Gasteiger partial charge is 0.444 e. The van der Waals surface area contributed by atoms with Gasteiger partial charge < -0.3 is 14.7 Å². The molecule has 2 aliphatic rings. The van der Waals surface area contributed by atoms with Gasteiger partial charge in [-0.15, -0.1) is 0 Å². The van der Waals surface area contributed by atoms with Crippen LogP contribution in [0.5, 0.6) is 0 Å². The van der Waals surface area contributed by atoms with Gasteiger partial charge in [0.25, 0.3) is 0 Å². The van der Waals surface area contributed by atoms with Gasteiger partial charge in [-0.3, -0.25) is 9.69 Å². The highest BCUT2D eigenvalue weighted by molar-refractivity contribution is 5.86. The number of amides is 2. The van der Waals surface area contributed by atoms with Crippen molar-refractivity contribution in [3.05, 3.63) is 35.9 Å². The number of hydrogen-bond donors (Lipinski definition) is 1. The van der Waals surface area contributed by atoms with Gasteiger partial charge in [0.2, 0.25) is 5.91 Å². The summed E-state index contributed by atoms with van der Waals surface area (Å²) in [5, 5.41) is 7.00. The maximum Gasteiger partial charge on any atom is 0.410 e. The Morgan fingerprint density at radius 1 is 1.03 bits per heavy atom. The summed E-state index contributed by atoms with van der Waals surface area (Å²) >= 11 is 0. The molecule has 6 nitrogen and oxygen atoms in total. The fourth-order valence-electron chi connectivity index (χ4n) is 4.08. The quantitative estimate of drug-likeness (QED) is 0.837. The number of rotatable bonds is 3. The Morgan fingerprint density at radius 2 is 1.66 bits per heavy atom. The molecule has 0 spiro atoms. The van der Waals surface area contributed by atoms with Crippen molar-refractivity contribution in [3.8, 4) is 0 Å². The molecule has 0 bridgehead atoms. The van der Waals surface area contributed by atoms with Crippen LogP contribution in [-0.4, -0.2) is 65.3 Å². The van der Waals surface area contributed by atoms with Crippen molar-refractivity contribution in [1.29, 1.82) is 0 Å². The number of piperidine rings is 1. The third-order valence-corrected chi connectivity index (χ3v) is 5.46. The molecule has 1 atom stereocenters. The number of ether oxygens (including phenoxy) is 1. The molecule has 1 N–H and O–H groups in total. The second-order valence-corrected chi connectivity index (χ2v) is 8.79. The standard InChI is InChI=1S/C22H32N2O3.CH4O/c1-22(2,3)27-21(26)24-13-7-10-19(24)20(25)23-14-11-18(12-15-23)16-17-8-5-4-6-9-17;1-2/h4-6,8-9,18-19H,7,10-16H2,1-3H3;2H,1H3/t19-;/m0./s1. The minimum Gasteiger partial charge on any atom is -0.444 e. The summed E-state index contributed by atoms with van der Waals surface area (Å²) < 4.78 is 5.49. The van der Waals surface area contributed by atoms with Crippen LogP contribution in [0, 0.1) is 5.92 Å². The lowest BCUT2D eigenvalue weighted by molar-refractivity contribution is -0.137. The zero-order chi connectivity index (χ0) is 21.4. The number of carbonyl (C=O) groups excluding carboxylic acids is 2. The molecule has 2 amide bonds. The fraction of sp³-hybridized carbons (Fsp3) is 0.652. The lowest BCUT2D eigenvalue weighted by atomic mass is 9.90. The topological polar surface area (TPSA) is 70.1 Å². The predicted molar refractivity (Wildman–Crippen MR) is 114 cm³/mol. The van der Waals surface area contributed by atoms with Crippen molar-refractivity contribution in [2.24, 2.45) is 5.92 Å². The van der Waals surface area contributed by atoms with Gasteiger partial charge in [0.15, 0.2) is 0 Å². The zero-order valence-corrected chi connectivity index (χ0v) is 18.3. The maximum absolute atomic E-state index is 13.0. The predicted octanol–water partition coefficient (Wildman–Crippen LogP) is 3.48. The van der Waals surface area contributed by atoms with Crippen LogP contribution < -0.4 is 0 Å². The molecular weight excluding hydrogens is 368 g/mol. The third kappa shape index (κ3) is 6.74. The second-order valence-electron chi connectivity index (χ2n) is 8.79. The van der Waals surface area contributed by atoms with E-state index in [9.17, 15) is 9.59 Å². The van der Waals surface area contributed by atoms with Crippen molar-refractivity contribution < 1.29 is 19.4 Å². The van der Waals surface area contributed by atoms with Crippen molar-refractivity contribution in [1.82, 2.24) is 9.80 Å². The summed E-state index contributed by atoms with van der Waals surface area (Å²) in [6.07, 6.45) is 4.37. The molecule has 6 heteroatoms. The van der Waals surface area contributed by atoms with Crippen LogP contribution in [0.25, 0.3) is 0 Å². The Hall–Kier alpha value is -2.08. The number of hydrogen-bond acceptors (Lipinski definition) is 4. The Labute approximate surface area is 174 Å². The van der Waals surface area contributed by atoms with Gasteiger partial charge in [-0.1, -0.05) is 30.3 Å². The molecule has 0 radical (unpaired) electrons. The van der Waals surface area contributed by atoms with Gasteiger partial charge in [-0.2, -0.15) is 0 Å². The summed E-state index contributed by atoms with van der Waals surface area (Å²) in [6, 6.07) is 10.2. The van der Waals surface area contributed by atoms with Crippen LogP contribution in [0.1, 0.15) is 52.0 Å². The van der Waals surface area contributed by atoms with Crippen molar-refractivity contribution in [2.45, 2.75) is 64.5 Å². The molecule has 2 fully saturated rings. The van der Waals surface area contributed by atoms with Crippen LogP contribution >= 0.6 is 0 Å². The first-order valence-electron chi connectivity index (χ1n) is 10.6. The van der Waals surface area contributed by atoms with Crippen LogP contribution in [0.2, 0.25) is 0 Å². The molecule has 1 aromatic carbocycles. The number of aliphatic hydroxyl groups is 1. The number of benzene rings is 1. The van der Waals surface area contributed by atoms with E-state index in [-0.39, 0.29) is 18.0 Å². The summed E-state index contributed by atoms with van der Waals surface area (Å²) in [5.74, 6) is 0.721. The second kappa shape index (κ2) is 10.6. The monoisotopic (exact) mass is 404 g/mol. The first kappa shape index (κ1) is 23.2. The summed E-state index contributed by atoms with van der Waals surface area (Å²) in [4.78, 5) is 29.1. The number of likely N-dealkylation sites (tertiary alicyclic amines) is 2. The lowest BCUT2D eigenvalue weighted by Gasteiger charge is -2.36. The molecule has 2 aliphatic heterocycles. The van der Waals surface area contributed by atoms with E-state index >= 15 is 0 Å². The number of aliphatic hydroxyl groups excluding tert-OH is 1. The van der Waals surface area contributed by atoms with Gasteiger partial charge in [0.1, 0.15) is 11.6 Å². The molecule has 0 saturated carbocycles. The van der Waals surface area contributed by atoms with E-state index in [0.717, 1.165) is 52.3 Å². The van der Waals surface area contributed by atoms with Crippen LogP contribution in [0.4, 0.5) is 4.79 Å². The van der Waals surface area contributed by atoms with E-state index in [1.54, 1.807) is 4.90 Å². The average molecular weight is 405 g/mol. The average Bonchev–Trinajstić information content (AvgIpc) is 3.19. The first-order valence-corrected chi connectivity index (χ1v) is 10.6. The molecule has 29 heavy (non-hydrogen) atoms. The minimum atomic E-state index is -0.539. The van der Waals surface area contributed by atoms with E-state index in [1.807, 2.05) is 31.7 Å². The Bertz CT molecular complexity index is 649. The number of nitrogens with zero attached hydrogens (tertiary/aromatic N) is 2. The Balaban J connectivity index is 0.00000145. The normalized spacial score (nSPS) is 20.1. The van der Waals surface area contributed by atoms with Crippen LogP contribution in [0.3, 0.4) is 0 Å². The molecular formula is C23H36N2O4. The molecule has 0 unspecified atom stereocenters. The van der Waals surface area contributed by atoms with E-state index in [1.165, 1.54) is 5.56 Å². The Morgan fingerprint density at radius 3 is 2.24 bits per heavy atom. The van der Waals surface area contributed by atoms with E-state index in [4.69, 9.17) is 9.84 Å². The zero-order valence-electron chi connectivity index (χ0n) is 18.3. The highest BCUT2D eigenvalue weighted by Crippen LogP contribution is 2.26. The molecule has 162 valence electrons. The van der Waals surface area contributed by atoms with Crippen molar-refractivity contribution in [2.75, 3.05) is 26.7 Å². The van der Waals surface area contributed by atoms with E-state index < -0.39 is 5.60 Å². The highest BCUT2D eigenvalue weighted by Gasteiger charge is 2.39. The van der Waals surface area contributed by atoms with Gasteiger partial charge >= 0.3 is 6.09 Å². The molecule has 2 heterocycles. The van der Waals surface area contributed by atoms with E-state index in [0.29, 0.717) is 12.5 Å². The molecule has 2 saturated heterocycles. The van der Waals surface area contributed by atoms with Gasteiger partial charge in [0, 0.05) is 26.7 Å². The SMILES string of the molecule is CC(C)(C)OC(=O)N1CCC[C@H]1C(=O)N1CCC(Cc2ccccc2)CC1.CO. The van der Waals surface area contributed by atoms with Crippen LogP contribution in [0.15, 0.2) is 30.3 Å². The maximum atomic E-state index is 13.0. The lowest BCUT2D eigenvalue weighted by Crippen LogP contribution is -2.51. The number of carbonyl (C=O) groups is 2. The molecule has 0 aliphatic carbocycles. The smallest absolute Gasteiger partial charge is 0.410 e. The van der Waals surface area contributed by atoms with E-state index in [2.05, 4.69) is 24.3 Å². The van der Waals surface area contributed by atoms with Crippen LogP contribution in [-0.2, 0) is 16.0 Å². The van der Waals surface area contributed by atoms with Gasteiger partial charge in [-0.25, -0.2) is 4.79 Å². The fourth-order valence-corrected chi connectivity index (χ4v) is 4.08. The minimum absolute atomic E-state index is 0.0940.